The van der Waals surface area contributed by atoms with Gasteiger partial charge in [0, 0.05) is 11.3 Å². The van der Waals surface area contributed by atoms with Crippen LogP contribution in [0.5, 0.6) is 0 Å². The monoisotopic (exact) mass is 372 g/mol. The van der Waals surface area contributed by atoms with Gasteiger partial charge in [0.05, 0.1) is 18.2 Å². The second-order valence-corrected chi connectivity index (χ2v) is 5.75. The van der Waals surface area contributed by atoms with Crippen molar-refractivity contribution >= 4 is 34.8 Å². The molecule has 0 saturated carbocycles. The number of rotatable bonds is 5. The summed E-state index contributed by atoms with van der Waals surface area (Å²) in [6, 6.07) is 10.5. The highest BCUT2D eigenvalue weighted by molar-refractivity contribution is 6.34. The van der Waals surface area contributed by atoms with E-state index in [2.05, 4.69) is 21.0 Å². The molecule has 0 radical (unpaired) electrons. The molecule has 0 unspecified atom stereocenters. The average molecular weight is 373 g/mol. The number of aliphatic hydroxyl groups is 1. The lowest BCUT2D eigenvalue weighted by Crippen LogP contribution is -2.50. The number of anilines is 1. The zero-order chi connectivity index (χ0) is 19.1. The van der Waals surface area contributed by atoms with Gasteiger partial charge in [-0.3, -0.25) is 20.4 Å². The number of hydrazine groups is 1. The summed E-state index contributed by atoms with van der Waals surface area (Å²) >= 11 is 6.10. The maximum atomic E-state index is 12.2. The second-order valence-electron chi connectivity index (χ2n) is 5.37. The van der Waals surface area contributed by atoms with E-state index in [0.29, 0.717) is 22.5 Å². The first kappa shape index (κ1) is 19.2. The van der Waals surface area contributed by atoms with Crippen LogP contribution in [0.3, 0.4) is 0 Å². The molecule has 0 spiro atoms. The normalized spacial score (nSPS) is 11.2. The topological polar surface area (TPSA) is 94.8 Å². The maximum Gasteiger partial charge on any atom is 0.269 e. The Balaban J connectivity index is 2.02. The van der Waals surface area contributed by atoms with E-state index in [-0.39, 0.29) is 5.02 Å². The summed E-state index contributed by atoms with van der Waals surface area (Å²) in [5, 5.41) is 12.6. The zero-order valence-electron chi connectivity index (χ0n) is 13.9. The summed E-state index contributed by atoms with van der Waals surface area (Å²) in [6.07, 6.45) is 0. The van der Waals surface area contributed by atoms with Gasteiger partial charge < -0.3 is 10.4 Å². The number of hydrogen-bond donors (Lipinski definition) is 4. The average Bonchev–Trinajstić information content (AvgIpc) is 2.67. The molecule has 7 nitrogen and oxygen atoms in total. The molecule has 1 atom stereocenters. The van der Waals surface area contributed by atoms with Gasteiger partial charge in [-0.25, -0.2) is 4.85 Å². The van der Waals surface area contributed by atoms with E-state index in [0.717, 1.165) is 0 Å². The fraction of sp³-hybridized carbons (Fsp3) is 0.167. The Morgan fingerprint density at radius 1 is 1.19 bits per heavy atom. The van der Waals surface area contributed by atoms with E-state index in [1.807, 2.05) is 0 Å². The number of nitrogens with zero attached hydrogens (tertiary/aromatic N) is 1. The van der Waals surface area contributed by atoms with E-state index < -0.39 is 24.5 Å². The van der Waals surface area contributed by atoms with E-state index in [4.69, 9.17) is 18.2 Å². The van der Waals surface area contributed by atoms with Crippen molar-refractivity contribution in [2.24, 2.45) is 0 Å². The molecule has 2 rings (SSSR count). The Morgan fingerprint density at radius 2 is 1.88 bits per heavy atom. The molecular weight excluding hydrogens is 356 g/mol. The zero-order valence-corrected chi connectivity index (χ0v) is 14.7. The Bertz CT molecular complexity index is 850. The summed E-state index contributed by atoms with van der Waals surface area (Å²) < 4.78 is 0. The first-order valence-corrected chi connectivity index (χ1v) is 8.05. The van der Waals surface area contributed by atoms with Crippen LogP contribution in [-0.4, -0.2) is 29.6 Å². The van der Waals surface area contributed by atoms with Gasteiger partial charge in [0.15, 0.2) is 0 Å². The van der Waals surface area contributed by atoms with Crippen LogP contribution in [0.2, 0.25) is 5.02 Å². The molecule has 8 heteroatoms. The Morgan fingerprint density at radius 3 is 2.50 bits per heavy atom. The van der Waals surface area contributed by atoms with E-state index in [1.165, 1.54) is 6.07 Å². The van der Waals surface area contributed by atoms with Crippen LogP contribution in [0, 0.1) is 13.5 Å². The number of carbonyl (C=O) groups excluding carboxylic acids is 2. The Hall–Kier alpha value is -3.08. The molecule has 0 aliphatic heterocycles. The van der Waals surface area contributed by atoms with Crippen LogP contribution in [-0.2, 0) is 4.79 Å². The highest BCUT2D eigenvalue weighted by Gasteiger charge is 2.20. The van der Waals surface area contributed by atoms with Crippen LogP contribution in [0.15, 0.2) is 42.5 Å². The molecule has 26 heavy (non-hydrogen) atoms. The highest BCUT2D eigenvalue weighted by Crippen LogP contribution is 2.33. The number of benzene rings is 2. The smallest absolute Gasteiger partial charge is 0.269 e. The Kier molecular flexibility index (Phi) is 6.55. The second kappa shape index (κ2) is 8.85. The van der Waals surface area contributed by atoms with Crippen LogP contribution >= 0.6 is 11.6 Å². The summed E-state index contributed by atoms with van der Waals surface area (Å²) in [5.41, 5.74) is 6.33. The van der Waals surface area contributed by atoms with Gasteiger partial charge in [0.2, 0.25) is 5.69 Å². The van der Waals surface area contributed by atoms with Crippen LogP contribution in [0.1, 0.15) is 15.9 Å². The van der Waals surface area contributed by atoms with E-state index in [9.17, 15) is 14.7 Å². The van der Waals surface area contributed by atoms with Crippen LogP contribution in [0.4, 0.5) is 11.4 Å². The fourth-order valence-corrected chi connectivity index (χ4v) is 2.37. The third-order valence-electron chi connectivity index (χ3n) is 3.65. The predicted molar refractivity (Wildman–Crippen MR) is 99.0 cm³/mol. The van der Waals surface area contributed by atoms with Gasteiger partial charge >= 0.3 is 0 Å². The fourth-order valence-electron chi connectivity index (χ4n) is 2.16. The molecule has 0 bridgehead atoms. The number of hydrogen-bond acceptors (Lipinski definition) is 4. The molecule has 0 fully saturated rings. The van der Waals surface area contributed by atoms with Gasteiger partial charge in [-0.2, -0.15) is 0 Å². The molecule has 0 aromatic heterocycles. The van der Waals surface area contributed by atoms with Crippen molar-refractivity contribution in [3.8, 4) is 0 Å². The lowest BCUT2D eigenvalue weighted by atomic mass is 10.1. The van der Waals surface area contributed by atoms with Gasteiger partial charge in [-0.1, -0.05) is 35.9 Å². The van der Waals surface area contributed by atoms with Crippen molar-refractivity contribution in [1.29, 1.82) is 0 Å². The van der Waals surface area contributed by atoms with Crippen molar-refractivity contribution in [3.63, 3.8) is 0 Å². The van der Waals surface area contributed by atoms with Gasteiger partial charge in [-0.15, -0.1) is 0 Å². The van der Waals surface area contributed by atoms with Crippen molar-refractivity contribution < 1.29 is 14.7 Å². The molecular formula is C18H17ClN4O3. The third kappa shape index (κ3) is 4.51. The molecule has 0 aliphatic rings. The maximum absolute atomic E-state index is 12.2. The minimum atomic E-state index is -1.01. The molecule has 0 saturated heterocycles. The quantitative estimate of drug-likeness (QED) is 0.479. The summed E-state index contributed by atoms with van der Waals surface area (Å²) in [5.74, 6) is -1.10. The lowest BCUT2D eigenvalue weighted by molar-refractivity contribution is -0.123. The lowest BCUT2D eigenvalue weighted by Gasteiger charge is -2.19. The first-order chi connectivity index (χ1) is 12.5. The number of halogens is 1. The standard InChI is InChI=1S/C18H17ClN4O3/c1-11-13(8-9-14(20-2)16(11)19)21-15(10-24)18(26)23-22-17(25)12-6-4-3-5-7-12/h3-9,15,21,24H,10H2,1H3,(H,22,25)(H,23,26)/t15-/m1/s1. The van der Waals surface area contributed by atoms with E-state index in [1.54, 1.807) is 43.3 Å². The third-order valence-corrected chi connectivity index (χ3v) is 4.13. The van der Waals surface area contributed by atoms with Gasteiger partial charge in [0.1, 0.15) is 6.04 Å². The van der Waals surface area contributed by atoms with E-state index >= 15 is 0 Å². The minimum absolute atomic E-state index is 0.277. The largest absolute Gasteiger partial charge is 0.394 e. The number of amides is 2. The molecule has 134 valence electrons. The van der Waals surface area contributed by atoms with Crippen molar-refractivity contribution in [2.45, 2.75) is 13.0 Å². The Labute approximate surface area is 155 Å². The van der Waals surface area contributed by atoms with Gasteiger partial charge in [0.25, 0.3) is 11.8 Å². The number of aliphatic hydroxyl groups excluding tert-OH is 1. The van der Waals surface area contributed by atoms with Crippen molar-refractivity contribution in [1.82, 2.24) is 10.9 Å². The van der Waals surface area contributed by atoms with Crippen LogP contribution in [0.25, 0.3) is 4.85 Å². The van der Waals surface area contributed by atoms with Crippen molar-refractivity contribution in [2.75, 3.05) is 11.9 Å². The first-order valence-electron chi connectivity index (χ1n) is 7.67. The highest BCUT2D eigenvalue weighted by atomic mass is 35.5. The molecule has 0 aliphatic carbocycles. The predicted octanol–water partition coefficient (Wildman–Crippen LogP) is 2.43. The summed E-state index contributed by atoms with van der Waals surface area (Å²) in [7, 11) is 0. The summed E-state index contributed by atoms with van der Waals surface area (Å²) in [4.78, 5) is 27.4. The number of carbonyl (C=O) groups is 2. The van der Waals surface area contributed by atoms with Crippen molar-refractivity contribution in [3.05, 3.63) is 70.0 Å². The molecule has 2 aromatic carbocycles. The number of nitrogens with one attached hydrogen (secondary N) is 3. The molecule has 2 aromatic rings. The van der Waals surface area contributed by atoms with Crippen LogP contribution < -0.4 is 16.2 Å². The summed E-state index contributed by atoms with van der Waals surface area (Å²) in [6.45, 7) is 8.23. The van der Waals surface area contributed by atoms with Gasteiger partial charge in [-0.05, 0) is 30.7 Å². The SMILES string of the molecule is [C-]#[N+]c1ccc(N[C@H](CO)C(=O)NNC(=O)c2ccccc2)c(C)c1Cl. The molecule has 0 heterocycles. The minimum Gasteiger partial charge on any atom is -0.394 e. The molecule has 4 N–H and O–H groups in total. The molecule has 2 amide bonds.